The first-order chi connectivity index (χ1) is 10.9. The van der Waals surface area contributed by atoms with Crippen LogP contribution in [0.1, 0.15) is 47.8 Å². The minimum atomic E-state index is -0.495. The van der Waals surface area contributed by atoms with Gasteiger partial charge in [0.1, 0.15) is 11.3 Å². The average molecular weight is 322 g/mol. The number of carbonyl (C=O) groups excluding carboxylic acids is 1. The Kier molecular flexibility index (Phi) is 5.46. The van der Waals surface area contributed by atoms with Gasteiger partial charge in [-0.25, -0.2) is 0 Å². The Balaban J connectivity index is 2.04. The largest absolute Gasteiger partial charge is 0.507 e. The summed E-state index contributed by atoms with van der Waals surface area (Å²) in [7, 11) is 4.28. The van der Waals surface area contributed by atoms with Crippen LogP contribution in [0.5, 0.6) is 5.75 Å². The van der Waals surface area contributed by atoms with Crippen LogP contribution in [0.15, 0.2) is 4.79 Å². The number of hydrogen-bond donors (Lipinski definition) is 3. The van der Waals surface area contributed by atoms with Crippen molar-refractivity contribution in [2.45, 2.75) is 39.0 Å². The van der Waals surface area contributed by atoms with Crippen LogP contribution >= 0.6 is 0 Å². The van der Waals surface area contributed by atoms with Crippen molar-refractivity contribution < 1.29 is 14.4 Å². The van der Waals surface area contributed by atoms with Crippen molar-refractivity contribution in [2.75, 3.05) is 33.7 Å². The number of hydrogen-bond acceptors (Lipinski definition) is 3. The molecule has 0 fully saturated rings. The van der Waals surface area contributed by atoms with Crippen molar-refractivity contribution in [3.8, 4) is 5.75 Å². The highest BCUT2D eigenvalue weighted by atomic mass is 16.3. The summed E-state index contributed by atoms with van der Waals surface area (Å²) in [6.07, 6.45) is 4.26. The average Bonchev–Trinajstić information content (AvgIpc) is 2.51. The predicted octanol–water partition coefficient (Wildman–Crippen LogP) is 1.18. The van der Waals surface area contributed by atoms with Crippen LogP contribution in [-0.4, -0.2) is 54.2 Å². The molecule has 0 spiro atoms. The van der Waals surface area contributed by atoms with E-state index in [0.29, 0.717) is 13.0 Å². The number of fused-ring (bicyclic) bond motifs is 1. The van der Waals surface area contributed by atoms with E-state index in [1.54, 1.807) is 0 Å². The fourth-order valence-electron chi connectivity index (χ4n) is 2.93. The highest BCUT2D eigenvalue weighted by Gasteiger charge is 2.23. The Hall–Kier alpha value is -1.82. The number of H-pyrrole nitrogens is 1. The number of amides is 1. The van der Waals surface area contributed by atoms with Crippen LogP contribution in [0, 0.1) is 0 Å². The Morgan fingerprint density at radius 1 is 1.30 bits per heavy atom. The van der Waals surface area contributed by atoms with Crippen molar-refractivity contribution in [2.24, 2.45) is 0 Å². The summed E-state index contributed by atoms with van der Waals surface area (Å²) in [5.74, 6) is -0.621. The Bertz CT molecular complexity index is 635. The van der Waals surface area contributed by atoms with Gasteiger partial charge in [-0.2, -0.15) is 0 Å². The van der Waals surface area contributed by atoms with E-state index in [0.717, 1.165) is 54.5 Å². The number of nitrogens with one attached hydrogen (secondary N) is 2. The molecule has 0 atom stereocenters. The molecule has 0 saturated heterocycles. The summed E-state index contributed by atoms with van der Waals surface area (Å²) in [5.41, 5.74) is 0.863. The fourth-order valence-corrected chi connectivity index (χ4v) is 2.93. The Morgan fingerprint density at radius 3 is 2.70 bits per heavy atom. The molecule has 1 heterocycles. The lowest BCUT2D eigenvalue weighted by atomic mass is 9.93. The maximum atomic E-state index is 12.3. The van der Waals surface area contributed by atoms with Gasteiger partial charge in [-0.3, -0.25) is 9.59 Å². The van der Waals surface area contributed by atoms with E-state index in [-0.39, 0.29) is 11.3 Å². The normalized spacial score (nSPS) is 14.4. The molecule has 23 heavy (non-hydrogen) atoms. The van der Waals surface area contributed by atoms with E-state index in [1.807, 2.05) is 0 Å². The number of rotatable bonds is 6. The van der Waals surface area contributed by atoms with Gasteiger partial charge in [0.2, 0.25) is 0 Å². The summed E-state index contributed by atoms with van der Waals surface area (Å²) in [4.78, 5) is 27.1. The van der Waals surface area contributed by atoms with Gasteiger partial charge < -0.3 is 19.9 Å². The molecule has 0 aliphatic heterocycles. The predicted molar refractivity (Wildman–Crippen MR) is 89.8 cm³/mol. The number of pyridine rings is 1. The van der Waals surface area contributed by atoms with Crippen LogP contribution < -0.4 is 10.9 Å². The summed E-state index contributed by atoms with van der Waals surface area (Å²) >= 11 is 0. The van der Waals surface area contributed by atoms with Crippen molar-refractivity contribution >= 4 is 5.91 Å². The second kappa shape index (κ2) is 7.17. The molecule has 1 aliphatic rings. The smallest absolute Gasteiger partial charge is 0.264 e. The Labute approximate surface area is 137 Å². The molecule has 128 valence electrons. The SMILES string of the molecule is CC[N+](C)(C)CCCNC(=O)c1c(O)c2c([nH]c1=O)CCCC2. The van der Waals surface area contributed by atoms with Gasteiger partial charge in [-0.1, -0.05) is 0 Å². The molecule has 0 radical (unpaired) electrons. The molecule has 6 nitrogen and oxygen atoms in total. The number of quaternary nitrogens is 1. The van der Waals surface area contributed by atoms with E-state index in [9.17, 15) is 14.7 Å². The molecule has 1 aromatic heterocycles. The lowest BCUT2D eigenvalue weighted by molar-refractivity contribution is -0.888. The van der Waals surface area contributed by atoms with Crippen LogP contribution in [-0.2, 0) is 12.8 Å². The number of aryl methyl sites for hydroxylation is 1. The monoisotopic (exact) mass is 322 g/mol. The van der Waals surface area contributed by atoms with Crippen molar-refractivity contribution in [1.29, 1.82) is 0 Å². The first kappa shape index (κ1) is 17.5. The summed E-state index contributed by atoms with van der Waals surface area (Å²) < 4.78 is 0.889. The zero-order valence-electron chi connectivity index (χ0n) is 14.4. The third kappa shape index (κ3) is 4.13. The van der Waals surface area contributed by atoms with Gasteiger partial charge in [0.25, 0.3) is 11.5 Å². The second-order valence-electron chi connectivity index (χ2n) is 6.93. The van der Waals surface area contributed by atoms with E-state index >= 15 is 0 Å². The van der Waals surface area contributed by atoms with Gasteiger partial charge >= 0.3 is 0 Å². The summed E-state index contributed by atoms with van der Waals surface area (Å²) in [6.45, 7) is 4.60. The fraction of sp³-hybridized carbons (Fsp3) is 0.647. The second-order valence-corrected chi connectivity index (χ2v) is 6.93. The third-order valence-electron chi connectivity index (χ3n) is 4.79. The van der Waals surface area contributed by atoms with Gasteiger partial charge in [0, 0.05) is 24.2 Å². The molecule has 0 bridgehead atoms. The van der Waals surface area contributed by atoms with Gasteiger partial charge in [0.05, 0.1) is 27.2 Å². The summed E-state index contributed by atoms with van der Waals surface area (Å²) in [5, 5.41) is 13.1. The topological polar surface area (TPSA) is 82.2 Å². The first-order valence-electron chi connectivity index (χ1n) is 8.43. The van der Waals surface area contributed by atoms with Crippen LogP contribution in [0.25, 0.3) is 0 Å². The maximum absolute atomic E-state index is 12.3. The Morgan fingerprint density at radius 2 is 2.00 bits per heavy atom. The first-order valence-corrected chi connectivity index (χ1v) is 8.43. The molecule has 0 aromatic carbocycles. The van der Waals surface area contributed by atoms with Gasteiger partial charge in [-0.15, -0.1) is 0 Å². The number of aromatic amines is 1. The molecule has 1 aromatic rings. The number of nitrogens with zero attached hydrogens (tertiary/aromatic N) is 1. The molecule has 0 unspecified atom stereocenters. The standard InChI is InChI=1S/C17H27N3O3/c1-4-20(2,3)11-7-10-18-16(22)14-15(21)12-8-5-6-9-13(12)19-17(14)23/h4-11H2,1-3H3,(H2-,18,19,21,22,23)/p+1. The molecular weight excluding hydrogens is 294 g/mol. The highest BCUT2D eigenvalue weighted by Crippen LogP contribution is 2.28. The lowest BCUT2D eigenvalue weighted by Gasteiger charge is -2.28. The zero-order chi connectivity index (χ0) is 17.0. The molecular formula is C17H28N3O3+. The number of aromatic nitrogens is 1. The van der Waals surface area contributed by atoms with Crippen molar-refractivity contribution in [3.05, 3.63) is 27.2 Å². The minimum Gasteiger partial charge on any atom is -0.507 e. The van der Waals surface area contributed by atoms with Crippen molar-refractivity contribution in [1.82, 2.24) is 10.3 Å². The van der Waals surface area contributed by atoms with E-state index < -0.39 is 11.5 Å². The molecule has 1 aliphatic carbocycles. The van der Waals surface area contributed by atoms with E-state index in [2.05, 4.69) is 31.3 Å². The van der Waals surface area contributed by atoms with Gasteiger partial charge in [0.15, 0.2) is 0 Å². The maximum Gasteiger partial charge on any atom is 0.264 e. The number of aromatic hydroxyl groups is 1. The van der Waals surface area contributed by atoms with Crippen LogP contribution in [0.3, 0.4) is 0 Å². The van der Waals surface area contributed by atoms with Crippen LogP contribution in [0.4, 0.5) is 0 Å². The summed E-state index contributed by atoms with van der Waals surface area (Å²) in [6, 6.07) is 0. The van der Waals surface area contributed by atoms with Crippen molar-refractivity contribution in [3.63, 3.8) is 0 Å². The van der Waals surface area contributed by atoms with Crippen LogP contribution in [0.2, 0.25) is 0 Å². The molecule has 1 amide bonds. The lowest BCUT2D eigenvalue weighted by Crippen LogP contribution is -2.41. The van der Waals surface area contributed by atoms with E-state index in [4.69, 9.17) is 0 Å². The third-order valence-corrected chi connectivity index (χ3v) is 4.79. The molecule has 3 N–H and O–H groups in total. The molecule has 2 rings (SSSR count). The van der Waals surface area contributed by atoms with Gasteiger partial charge in [-0.05, 0) is 32.6 Å². The van der Waals surface area contributed by atoms with E-state index in [1.165, 1.54) is 0 Å². The quantitative estimate of drug-likeness (QED) is 0.543. The minimum absolute atomic E-state index is 0.134. The number of carbonyl (C=O) groups is 1. The highest BCUT2D eigenvalue weighted by molar-refractivity contribution is 5.96. The molecule has 6 heteroatoms. The molecule has 0 saturated carbocycles. The zero-order valence-corrected chi connectivity index (χ0v) is 14.4.